The van der Waals surface area contributed by atoms with E-state index in [4.69, 9.17) is 0 Å². The summed E-state index contributed by atoms with van der Waals surface area (Å²) in [5, 5.41) is 3.10. The minimum atomic E-state index is -3.78. The summed E-state index contributed by atoms with van der Waals surface area (Å²) < 4.78 is 29.2. The summed E-state index contributed by atoms with van der Waals surface area (Å²) in [6, 6.07) is 11.9. The van der Waals surface area contributed by atoms with E-state index in [1.165, 1.54) is 12.5 Å². The molecule has 0 saturated heterocycles. The number of nitrogens with one attached hydrogen (secondary N) is 2. The van der Waals surface area contributed by atoms with Crippen LogP contribution in [-0.4, -0.2) is 26.4 Å². The predicted octanol–water partition coefficient (Wildman–Crippen LogP) is 4.10. The van der Waals surface area contributed by atoms with Crippen molar-refractivity contribution in [2.24, 2.45) is 5.92 Å². The van der Waals surface area contributed by atoms with E-state index in [0.29, 0.717) is 12.3 Å². The van der Waals surface area contributed by atoms with Gasteiger partial charge < -0.3 is 5.32 Å². The van der Waals surface area contributed by atoms with E-state index < -0.39 is 16.1 Å². The molecule has 0 bridgehead atoms. The van der Waals surface area contributed by atoms with Gasteiger partial charge in [0.15, 0.2) is 0 Å². The van der Waals surface area contributed by atoms with Crippen molar-refractivity contribution in [3.8, 4) is 0 Å². The maximum atomic E-state index is 13.0. The molecule has 1 aromatic heterocycles. The lowest BCUT2D eigenvalue weighted by atomic mass is 9.86. The predicted molar refractivity (Wildman–Crippen MR) is 116 cm³/mol. The summed E-state index contributed by atoms with van der Waals surface area (Å²) in [6.07, 6.45) is 4.60. The molecule has 1 aromatic carbocycles. The van der Waals surface area contributed by atoms with E-state index >= 15 is 0 Å². The summed E-state index contributed by atoms with van der Waals surface area (Å²) in [6.45, 7) is 2.14. The molecule has 152 valence electrons. The number of sulfonamides is 1. The SMILES string of the molecule is C[C@@H]1CCCC[C@@H]1NC(=O)[C@H](Cc1ccccc1)NS(=O)(=O)c1ccc(Br)s1. The van der Waals surface area contributed by atoms with Gasteiger partial charge in [0.1, 0.15) is 10.3 Å². The van der Waals surface area contributed by atoms with E-state index in [1.807, 2.05) is 30.3 Å². The van der Waals surface area contributed by atoms with Gasteiger partial charge in [0.2, 0.25) is 5.91 Å². The molecule has 2 N–H and O–H groups in total. The van der Waals surface area contributed by atoms with Gasteiger partial charge in [-0.25, -0.2) is 8.42 Å². The van der Waals surface area contributed by atoms with Crippen LogP contribution in [0.5, 0.6) is 0 Å². The zero-order chi connectivity index (χ0) is 20.1. The number of amides is 1. The Labute approximate surface area is 179 Å². The first-order valence-electron chi connectivity index (χ1n) is 9.47. The lowest BCUT2D eigenvalue weighted by Crippen LogP contribution is -2.52. The fourth-order valence-corrected chi connectivity index (χ4v) is 6.76. The summed E-state index contributed by atoms with van der Waals surface area (Å²) in [4.78, 5) is 13.0. The molecule has 0 unspecified atom stereocenters. The number of carbonyl (C=O) groups is 1. The summed E-state index contributed by atoms with van der Waals surface area (Å²) in [5.74, 6) is 0.140. The van der Waals surface area contributed by atoms with E-state index in [2.05, 4.69) is 32.9 Å². The molecule has 1 amide bonds. The topological polar surface area (TPSA) is 75.3 Å². The molecule has 2 aromatic rings. The van der Waals surface area contributed by atoms with Gasteiger partial charge in [-0.05, 0) is 58.8 Å². The number of thiophene rings is 1. The molecule has 0 spiro atoms. The van der Waals surface area contributed by atoms with Crippen molar-refractivity contribution in [3.05, 3.63) is 51.8 Å². The Kier molecular flexibility index (Phi) is 7.31. The summed E-state index contributed by atoms with van der Waals surface area (Å²) >= 11 is 4.42. The standard InChI is InChI=1S/C20H25BrN2O3S2/c1-14-7-5-6-10-16(14)22-20(24)17(13-15-8-3-2-4-9-15)23-28(25,26)19-12-11-18(21)27-19/h2-4,8-9,11-12,14,16-17,23H,5-7,10,13H2,1H3,(H,22,24)/t14-,16+,17+/m1/s1. The fraction of sp³-hybridized carbons (Fsp3) is 0.450. The van der Waals surface area contributed by atoms with Gasteiger partial charge in [-0.1, -0.05) is 50.1 Å². The van der Waals surface area contributed by atoms with E-state index in [0.717, 1.165) is 39.9 Å². The molecule has 3 rings (SSSR count). The van der Waals surface area contributed by atoms with Crippen LogP contribution in [0.2, 0.25) is 0 Å². The smallest absolute Gasteiger partial charge is 0.250 e. The van der Waals surface area contributed by atoms with E-state index in [9.17, 15) is 13.2 Å². The highest BCUT2D eigenvalue weighted by atomic mass is 79.9. The van der Waals surface area contributed by atoms with Crippen LogP contribution in [0.25, 0.3) is 0 Å². The van der Waals surface area contributed by atoms with Crippen molar-refractivity contribution >= 4 is 43.2 Å². The molecular weight excluding hydrogens is 460 g/mol. The third-order valence-electron chi connectivity index (χ3n) is 5.15. The third-order valence-corrected chi connectivity index (χ3v) is 8.74. The van der Waals surface area contributed by atoms with Crippen LogP contribution < -0.4 is 10.0 Å². The highest BCUT2D eigenvalue weighted by Crippen LogP contribution is 2.27. The Morgan fingerprint density at radius 3 is 2.54 bits per heavy atom. The maximum Gasteiger partial charge on any atom is 0.250 e. The monoisotopic (exact) mass is 484 g/mol. The van der Waals surface area contributed by atoms with Gasteiger partial charge >= 0.3 is 0 Å². The molecule has 0 radical (unpaired) electrons. The van der Waals surface area contributed by atoms with Crippen LogP contribution >= 0.6 is 27.3 Å². The average Bonchev–Trinajstić information content (AvgIpc) is 3.11. The lowest BCUT2D eigenvalue weighted by Gasteiger charge is -2.31. The molecule has 1 heterocycles. The number of halogens is 1. The van der Waals surface area contributed by atoms with E-state index in [-0.39, 0.29) is 16.2 Å². The van der Waals surface area contributed by atoms with Gasteiger partial charge in [0.05, 0.1) is 3.79 Å². The second-order valence-corrected chi connectivity index (χ2v) is 11.7. The molecule has 3 atom stereocenters. The molecule has 1 aliphatic rings. The first-order chi connectivity index (χ1) is 13.3. The molecule has 1 aliphatic carbocycles. The first kappa shape index (κ1) is 21.5. The minimum Gasteiger partial charge on any atom is -0.352 e. The molecule has 1 fully saturated rings. The largest absolute Gasteiger partial charge is 0.352 e. The maximum absolute atomic E-state index is 13.0. The Bertz CT molecular complexity index is 899. The first-order valence-corrected chi connectivity index (χ1v) is 12.6. The molecule has 28 heavy (non-hydrogen) atoms. The molecule has 1 saturated carbocycles. The van der Waals surface area contributed by atoms with Gasteiger partial charge in [0.25, 0.3) is 10.0 Å². The summed E-state index contributed by atoms with van der Waals surface area (Å²) in [5.41, 5.74) is 0.911. The molecule has 5 nitrogen and oxygen atoms in total. The second-order valence-electron chi connectivity index (χ2n) is 7.30. The van der Waals surface area contributed by atoms with Crippen LogP contribution in [0.1, 0.15) is 38.2 Å². The van der Waals surface area contributed by atoms with Gasteiger partial charge in [-0.2, -0.15) is 4.72 Å². The van der Waals surface area contributed by atoms with Crippen molar-refractivity contribution in [2.45, 2.75) is 55.3 Å². The minimum absolute atomic E-state index is 0.0971. The fourth-order valence-electron chi connectivity index (χ4n) is 3.54. The second kappa shape index (κ2) is 9.52. The van der Waals surface area contributed by atoms with Crippen molar-refractivity contribution < 1.29 is 13.2 Å². The number of benzene rings is 1. The van der Waals surface area contributed by atoms with Crippen LogP contribution in [0.4, 0.5) is 0 Å². The lowest BCUT2D eigenvalue weighted by molar-refractivity contribution is -0.124. The van der Waals surface area contributed by atoms with Crippen LogP contribution in [-0.2, 0) is 21.2 Å². The van der Waals surface area contributed by atoms with Crippen molar-refractivity contribution in [3.63, 3.8) is 0 Å². The highest BCUT2D eigenvalue weighted by molar-refractivity contribution is 9.11. The Morgan fingerprint density at radius 1 is 1.18 bits per heavy atom. The number of rotatable bonds is 7. The van der Waals surface area contributed by atoms with Gasteiger partial charge in [-0.15, -0.1) is 11.3 Å². The molecule has 0 aliphatic heterocycles. The van der Waals surface area contributed by atoms with Crippen molar-refractivity contribution in [2.75, 3.05) is 0 Å². The number of hydrogen-bond donors (Lipinski definition) is 2. The highest BCUT2D eigenvalue weighted by Gasteiger charge is 2.30. The number of carbonyl (C=O) groups excluding carboxylic acids is 1. The van der Waals surface area contributed by atoms with Crippen molar-refractivity contribution in [1.82, 2.24) is 10.0 Å². The van der Waals surface area contributed by atoms with Crippen LogP contribution in [0.3, 0.4) is 0 Å². The van der Waals surface area contributed by atoms with Crippen LogP contribution in [0.15, 0.2) is 50.5 Å². The van der Waals surface area contributed by atoms with Gasteiger partial charge in [0, 0.05) is 6.04 Å². The van der Waals surface area contributed by atoms with Crippen LogP contribution in [0, 0.1) is 5.92 Å². The quantitative estimate of drug-likeness (QED) is 0.620. The molecular formula is C20H25BrN2O3S2. The molecule has 8 heteroatoms. The Balaban J connectivity index is 1.79. The third kappa shape index (κ3) is 5.65. The zero-order valence-electron chi connectivity index (χ0n) is 15.7. The summed E-state index contributed by atoms with van der Waals surface area (Å²) in [7, 11) is -3.78. The van der Waals surface area contributed by atoms with Gasteiger partial charge in [-0.3, -0.25) is 4.79 Å². The normalized spacial score (nSPS) is 21.2. The average molecular weight is 485 g/mol. The Morgan fingerprint density at radius 2 is 1.89 bits per heavy atom. The Hall–Kier alpha value is -1.22. The van der Waals surface area contributed by atoms with Crippen molar-refractivity contribution in [1.29, 1.82) is 0 Å². The zero-order valence-corrected chi connectivity index (χ0v) is 18.9. The van der Waals surface area contributed by atoms with E-state index in [1.54, 1.807) is 6.07 Å². The number of hydrogen-bond acceptors (Lipinski definition) is 4.